The zero-order valence-electron chi connectivity index (χ0n) is 9.89. The molecule has 16 heavy (non-hydrogen) atoms. The number of rotatable bonds is 3. The molecule has 1 aromatic heterocycles. The summed E-state index contributed by atoms with van der Waals surface area (Å²) in [4.78, 5) is 0. The van der Waals surface area contributed by atoms with E-state index in [2.05, 4.69) is 12.0 Å². The average Bonchev–Trinajstić information content (AvgIpc) is 2.91. The zero-order chi connectivity index (χ0) is 11.2. The monoisotopic (exact) mass is 220 g/mol. The van der Waals surface area contributed by atoms with Crippen LogP contribution in [0.2, 0.25) is 0 Å². The van der Waals surface area contributed by atoms with Gasteiger partial charge in [-0.2, -0.15) is 5.10 Å². The molecule has 1 N–H and O–H groups in total. The van der Waals surface area contributed by atoms with Crippen molar-refractivity contribution in [1.29, 1.82) is 0 Å². The molecule has 2 saturated carbocycles. The SMILES string of the molecule is CCCn1nccc1C1(O)CC2CCC1C2. The minimum Gasteiger partial charge on any atom is -0.383 e. The van der Waals surface area contributed by atoms with Crippen LogP contribution in [0.15, 0.2) is 12.3 Å². The Hall–Kier alpha value is -0.830. The van der Waals surface area contributed by atoms with E-state index in [1.54, 1.807) is 0 Å². The van der Waals surface area contributed by atoms with E-state index in [1.165, 1.54) is 19.3 Å². The number of hydrogen-bond acceptors (Lipinski definition) is 2. The van der Waals surface area contributed by atoms with Crippen molar-refractivity contribution in [3.8, 4) is 0 Å². The number of aryl methyl sites for hydroxylation is 1. The third-order valence-corrected chi connectivity index (χ3v) is 4.41. The maximum absolute atomic E-state index is 10.9. The highest BCUT2D eigenvalue weighted by Crippen LogP contribution is 2.55. The van der Waals surface area contributed by atoms with Crippen molar-refractivity contribution in [2.24, 2.45) is 11.8 Å². The lowest BCUT2D eigenvalue weighted by atomic mass is 9.81. The van der Waals surface area contributed by atoms with Gasteiger partial charge in [-0.05, 0) is 50.0 Å². The van der Waals surface area contributed by atoms with Crippen molar-refractivity contribution in [2.45, 2.75) is 51.2 Å². The van der Waals surface area contributed by atoms with E-state index in [4.69, 9.17) is 0 Å². The second-order valence-electron chi connectivity index (χ2n) is 5.44. The topological polar surface area (TPSA) is 38.0 Å². The van der Waals surface area contributed by atoms with Gasteiger partial charge in [-0.25, -0.2) is 0 Å². The van der Waals surface area contributed by atoms with Crippen LogP contribution in [0, 0.1) is 11.8 Å². The van der Waals surface area contributed by atoms with Crippen LogP contribution in [-0.4, -0.2) is 14.9 Å². The minimum atomic E-state index is -0.575. The number of fused-ring (bicyclic) bond motifs is 2. The highest BCUT2D eigenvalue weighted by atomic mass is 16.3. The summed E-state index contributed by atoms with van der Waals surface area (Å²) in [7, 11) is 0. The number of aromatic nitrogens is 2. The van der Waals surface area contributed by atoms with E-state index >= 15 is 0 Å². The first-order valence-corrected chi connectivity index (χ1v) is 6.48. The van der Waals surface area contributed by atoms with Crippen LogP contribution in [-0.2, 0) is 12.1 Å². The van der Waals surface area contributed by atoms with Crippen LogP contribution in [0.25, 0.3) is 0 Å². The molecule has 3 nitrogen and oxygen atoms in total. The molecule has 2 fully saturated rings. The van der Waals surface area contributed by atoms with Crippen molar-refractivity contribution in [1.82, 2.24) is 9.78 Å². The Labute approximate surface area is 96.5 Å². The Morgan fingerprint density at radius 1 is 1.56 bits per heavy atom. The van der Waals surface area contributed by atoms with Gasteiger partial charge in [0.05, 0.1) is 5.69 Å². The lowest BCUT2D eigenvalue weighted by Crippen LogP contribution is -2.34. The molecule has 3 rings (SSSR count). The first kappa shape index (κ1) is 10.3. The Kier molecular flexibility index (Phi) is 2.32. The fraction of sp³-hybridized carbons (Fsp3) is 0.769. The van der Waals surface area contributed by atoms with E-state index in [0.29, 0.717) is 5.92 Å². The second kappa shape index (κ2) is 3.59. The third-order valence-electron chi connectivity index (χ3n) is 4.41. The van der Waals surface area contributed by atoms with Gasteiger partial charge in [-0.3, -0.25) is 4.68 Å². The van der Waals surface area contributed by atoms with E-state index < -0.39 is 5.60 Å². The van der Waals surface area contributed by atoms with Crippen LogP contribution >= 0.6 is 0 Å². The maximum atomic E-state index is 10.9. The largest absolute Gasteiger partial charge is 0.383 e. The molecular weight excluding hydrogens is 200 g/mol. The van der Waals surface area contributed by atoms with Crippen LogP contribution in [0.4, 0.5) is 0 Å². The Balaban J connectivity index is 1.93. The Morgan fingerprint density at radius 3 is 3.06 bits per heavy atom. The summed E-state index contributed by atoms with van der Waals surface area (Å²) >= 11 is 0. The van der Waals surface area contributed by atoms with Crippen LogP contribution in [0.3, 0.4) is 0 Å². The molecule has 88 valence electrons. The Morgan fingerprint density at radius 2 is 2.44 bits per heavy atom. The third kappa shape index (κ3) is 1.34. The quantitative estimate of drug-likeness (QED) is 0.848. The molecule has 0 saturated heterocycles. The highest BCUT2D eigenvalue weighted by molar-refractivity contribution is 5.18. The van der Waals surface area contributed by atoms with Gasteiger partial charge in [0.2, 0.25) is 0 Å². The molecule has 1 aromatic rings. The number of nitrogens with zero attached hydrogens (tertiary/aromatic N) is 2. The van der Waals surface area contributed by atoms with E-state index in [1.807, 2.05) is 16.9 Å². The minimum absolute atomic E-state index is 0.477. The summed E-state index contributed by atoms with van der Waals surface area (Å²) in [5.41, 5.74) is 0.482. The molecule has 3 heteroatoms. The van der Waals surface area contributed by atoms with Gasteiger partial charge < -0.3 is 5.11 Å². The van der Waals surface area contributed by atoms with Gasteiger partial charge in [0.15, 0.2) is 0 Å². The molecule has 0 radical (unpaired) electrons. The van der Waals surface area contributed by atoms with Crippen molar-refractivity contribution in [2.75, 3.05) is 0 Å². The van der Waals surface area contributed by atoms with Crippen LogP contribution < -0.4 is 0 Å². The molecule has 2 bridgehead atoms. The zero-order valence-corrected chi connectivity index (χ0v) is 9.89. The van der Waals surface area contributed by atoms with Gasteiger partial charge in [0, 0.05) is 12.7 Å². The summed E-state index contributed by atoms with van der Waals surface area (Å²) in [5.74, 6) is 1.23. The fourth-order valence-corrected chi connectivity index (χ4v) is 3.71. The van der Waals surface area contributed by atoms with Gasteiger partial charge in [0.1, 0.15) is 5.60 Å². The molecule has 0 spiro atoms. The van der Waals surface area contributed by atoms with Crippen LogP contribution in [0.1, 0.15) is 44.7 Å². The summed E-state index contributed by atoms with van der Waals surface area (Å²) in [6.07, 6.45) is 7.57. The summed E-state index contributed by atoms with van der Waals surface area (Å²) in [6, 6.07) is 2.01. The molecule has 0 aromatic carbocycles. The molecular formula is C13H20N2O. The van der Waals surface area contributed by atoms with Gasteiger partial charge in [-0.15, -0.1) is 0 Å². The maximum Gasteiger partial charge on any atom is 0.109 e. The summed E-state index contributed by atoms with van der Waals surface area (Å²) in [6.45, 7) is 3.07. The molecule has 3 atom stereocenters. The first-order valence-electron chi connectivity index (χ1n) is 6.48. The molecule has 0 aliphatic heterocycles. The molecule has 2 aliphatic rings. The summed E-state index contributed by atoms with van der Waals surface area (Å²) in [5, 5.41) is 15.2. The molecule has 1 heterocycles. The predicted molar refractivity (Wildman–Crippen MR) is 61.9 cm³/mol. The second-order valence-corrected chi connectivity index (χ2v) is 5.44. The normalized spacial score (nSPS) is 37.1. The standard InChI is InChI=1S/C13H20N2O/c1-2-7-15-12(5-6-14-15)13(16)9-10-3-4-11(13)8-10/h5-6,10-11,16H,2-4,7-9H2,1H3. The number of aliphatic hydroxyl groups is 1. The van der Waals surface area contributed by atoms with E-state index in [9.17, 15) is 5.11 Å². The molecule has 0 amide bonds. The van der Waals surface area contributed by atoms with E-state index in [-0.39, 0.29) is 0 Å². The predicted octanol–water partition coefficient (Wildman–Crippen LogP) is 2.30. The number of hydrogen-bond donors (Lipinski definition) is 1. The Bertz CT molecular complexity index is 387. The molecule has 2 aliphatic carbocycles. The van der Waals surface area contributed by atoms with Crippen molar-refractivity contribution in [3.63, 3.8) is 0 Å². The smallest absolute Gasteiger partial charge is 0.109 e. The van der Waals surface area contributed by atoms with Gasteiger partial charge >= 0.3 is 0 Å². The lowest BCUT2D eigenvalue weighted by Gasteiger charge is -2.32. The van der Waals surface area contributed by atoms with Gasteiger partial charge in [-0.1, -0.05) is 6.92 Å². The van der Waals surface area contributed by atoms with Crippen molar-refractivity contribution >= 4 is 0 Å². The van der Waals surface area contributed by atoms with Gasteiger partial charge in [0.25, 0.3) is 0 Å². The fourth-order valence-electron chi connectivity index (χ4n) is 3.71. The highest BCUT2D eigenvalue weighted by Gasteiger charge is 2.52. The lowest BCUT2D eigenvalue weighted by molar-refractivity contribution is -0.0261. The first-order chi connectivity index (χ1) is 7.74. The summed E-state index contributed by atoms with van der Waals surface area (Å²) < 4.78 is 2.00. The van der Waals surface area contributed by atoms with Crippen molar-refractivity contribution in [3.05, 3.63) is 18.0 Å². The van der Waals surface area contributed by atoms with Crippen molar-refractivity contribution < 1.29 is 5.11 Å². The van der Waals surface area contributed by atoms with Crippen LogP contribution in [0.5, 0.6) is 0 Å². The molecule has 3 unspecified atom stereocenters. The van der Waals surface area contributed by atoms with E-state index in [0.717, 1.165) is 31.0 Å². The average molecular weight is 220 g/mol.